The second-order valence-corrected chi connectivity index (χ2v) is 5.93. The molecule has 0 saturated carbocycles. The van der Waals surface area contributed by atoms with Gasteiger partial charge >= 0.3 is 0 Å². The molecule has 1 atom stereocenters. The fourth-order valence-electron chi connectivity index (χ4n) is 2.36. The first-order chi connectivity index (χ1) is 9.63. The lowest BCUT2D eigenvalue weighted by Crippen LogP contribution is -2.20. The minimum Gasteiger partial charge on any atom is -0.492 e. The van der Waals surface area contributed by atoms with Gasteiger partial charge in [-0.25, -0.2) is 0 Å². The van der Waals surface area contributed by atoms with Crippen molar-refractivity contribution in [2.75, 3.05) is 11.9 Å². The Kier molecular flexibility index (Phi) is 3.97. The monoisotopic (exact) mass is 327 g/mol. The van der Waals surface area contributed by atoms with Crippen molar-refractivity contribution in [1.82, 2.24) is 0 Å². The summed E-state index contributed by atoms with van der Waals surface area (Å²) in [7, 11) is 0. The molecule has 0 fully saturated rings. The molecule has 104 valence electrons. The molecule has 20 heavy (non-hydrogen) atoms. The summed E-state index contributed by atoms with van der Waals surface area (Å²) in [6.45, 7) is 0.618. The van der Waals surface area contributed by atoms with Crippen LogP contribution >= 0.6 is 34.8 Å². The highest BCUT2D eigenvalue weighted by atomic mass is 35.5. The van der Waals surface area contributed by atoms with Gasteiger partial charge in [0.25, 0.3) is 0 Å². The molecule has 1 N–H and O–H groups in total. The highest BCUT2D eigenvalue weighted by Crippen LogP contribution is 2.41. The minimum absolute atomic E-state index is 0.105. The van der Waals surface area contributed by atoms with Crippen molar-refractivity contribution in [3.63, 3.8) is 0 Å². The number of anilines is 1. The summed E-state index contributed by atoms with van der Waals surface area (Å²) in [6, 6.07) is 11.3. The summed E-state index contributed by atoms with van der Waals surface area (Å²) in [4.78, 5) is 0. The first kappa shape index (κ1) is 13.9. The molecule has 3 rings (SSSR count). The second kappa shape index (κ2) is 5.72. The van der Waals surface area contributed by atoms with Crippen LogP contribution in [-0.2, 0) is 0 Å². The maximum atomic E-state index is 6.18. The molecule has 0 saturated heterocycles. The average molecular weight is 329 g/mol. The summed E-state index contributed by atoms with van der Waals surface area (Å²) in [6.07, 6.45) is 0.843. The van der Waals surface area contributed by atoms with E-state index in [1.807, 2.05) is 30.3 Å². The molecule has 5 heteroatoms. The van der Waals surface area contributed by atoms with E-state index in [4.69, 9.17) is 39.5 Å². The van der Waals surface area contributed by atoms with Gasteiger partial charge in [0.1, 0.15) is 5.75 Å². The van der Waals surface area contributed by atoms with Crippen LogP contribution in [0.25, 0.3) is 0 Å². The van der Waals surface area contributed by atoms with Crippen LogP contribution in [-0.4, -0.2) is 6.61 Å². The van der Waals surface area contributed by atoms with Crippen LogP contribution in [0, 0.1) is 0 Å². The van der Waals surface area contributed by atoms with E-state index in [0.29, 0.717) is 27.4 Å². The molecule has 0 bridgehead atoms. The van der Waals surface area contributed by atoms with E-state index in [0.717, 1.165) is 17.7 Å². The van der Waals surface area contributed by atoms with Gasteiger partial charge in [-0.2, -0.15) is 0 Å². The minimum atomic E-state index is 0.105. The Bertz CT molecular complexity index is 645. The lowest BCUT2D eigenvalue weighted by atomic mass is 10.00. The lowest BCUT2D eigenvalue weighted by Gasteiger charge is -2.28. The number of benzene rings is 2. The zero-order valence-corrected chi connectivity index (χ0v) is 12.8. The highest BCUT2D eigenvalue weighted by molar-refractivity contribution is 6.35. The van der Waals surface area contributed by atoms with Crippen molar-refractivity contribution in [1.29, 1.82) is 0 Å². The average Bonchev–Trinajstić information content (AvgIpc) is 2.40. The van der Waals surface area contributed by atoms with Gasteiger partial charge < -0.3 is 10.1 Å². The van der Waals surface area contributed by atoms with Gasteiger partial charge in [0, 0.05) is 27.7 Å². The Morgan fingerprint density at radius 3 is 2.70 bits per heavy atom. The summed E-state index contributed by atoms with van der Waals surface area (Å²) in [5, 5.41) is 5.31. The predicted molar refractivity (Wildman–Crippen MR) is 84.4 cm³/mol. The van der Waals surface area contributed by atoms with E-state index in [9.17, 15) is 0 Å². The van der Waals surface area contributed by atoms with Crippen LogP contribution < -0.4 is 10.1 Å². The molecule has 2 nitrogen and oxygen atoms in total. The van der Waals surface area contributed by atoms with Crippen molar-refractivity contribution in [3.8, 4) is 5.75 Å². The Hall–Kier alpha value is -1.09. The summed E-state index contributed by atoms with van der Waals surface area (Å²) < 4.78 is 5.64. The summed E-state index contributed by atoms with van der Waals surface area (Å²) in [5.41, 5.74) is 1.94. The van der Waals surface area contributed by atoms with Crippen LogP contribution in [0.1, 0.15) is 18.0 Å². The Balaban J connectivity index is 1.94. The van der Waals surface area contributed by atoms with Crippen molar-refractivity contribution < 1.29 is 4.74 Å². The van der Waals surface area contributed by atoms with Crippen LogP contribution in [0.2, 0.25) is 15.1 Å². The fraction of sp³-hybridized carbons (Fsp3) is 0.200. The molecular formula is C15H12Cl3NO. The normalized spacial score (nSPS) is 17.2. The van der Waals surface area contributed by atoms with Crippen molar-refractivity contribution in [2.24, 2.45) is 0 Å². The molecular weight excluding hydrogens is 317 g/mol. The van der Waals surface area contributed by atoms with Gasteiger partial charge in [-0.3, -0.25) is 0 Å². The number of halogens is 3. The molecule has 0 aromatic heterocycles. The third-order valence-corrected chi connectivity index (χ3v) is 3.97. The molecule has 1 aliphatic rings. The smallest absolute Gasteiger partial charge is 0.143 e. The van der Waals surface area contributed by atoms with Gasteiger partial charge in [-0.1, -0.05) is 40.9 Å². The maximum Gasteiger partial charge on any atom is 0.143 e. The van der Waals surface area contributed by atoms with E-state index in [2.05, 4.69) is 5.32 Å². The van der Waals surface area contributed by atoms with Crippen LogP contribution in [0.3, 0.4) is 0 Å². The quantitative estimate of drug-likeness (QED) is 0.776. The van der Waals surface area contributed by atoms with E-state index >= 15 is 0 Å². The second-order valence-electron chi connectivity index (χ2n) is 4.65. The Morgan fingerprint density at radius 2 is 1.90 bits per heavy atom. The van der Waals surface area contributed by atoms with E-state index in [1.54, 1.807) is 6.07 Å². The largest absolute Gasteiger partial charge is 0.492 e. The molecule has 0 amide bonds. The van der Waals surface area contributed by atoms with Crippen LogP contribution in [0.4, 0.5) is 5.69 Å². The van der Waals surface area contributed by atoms with Crippen LogP contribution in [0.15, 0.2) is 36.4 Å². The van der Waals surface area contributed by atoms with Gasteiger partial charge in [0.15, 0.2) is 0 Å². The third-order valence-electron chi connectivity index (χ3n) is 3.23. The van der Waals surface area contributed by atoms with Gasteiger partial charge in [-0.15, -0.1) is 0 Å². The molecule has 1 heterocycles. The molecule has 2 aromatic rings. The first-order valence-corrected chi connectivity index (χ1v) is 7.41. The summed E-state index contributed by atoms with van der Waals surface area (Å²) >= 11 is 18.3. The molecule has 0 aliphatic carbocycles. The molecule has 1 aliphatic heterocycles. The van der Waals surface area contributed by atoms with Gasteiger partial charge in [-0.05, 0) is 30.3 Å². The maximum absolute atomic E-state index is 6.18. The van der Waals surface area contributed by atoms with E-state index in [1.165, 1.54) is 0 Å². The Labute approximate surface area is 132 Å². The number of fused-ring (bicyclic) bond motifs is 1. The fourth-order valence-corrected chi connectivity index (χ4v) is 3.11. The molecule has 2 aromatic carbocycles. The van der Waals surface area contributed by atoms with Gasteiger partial charge in [0.2, 0.25) is 0 Å². The zero-order chi connectivity index (χ0) is 14.1. The van der Waals surface area contributed by atoms with E-state index < -0.39 is 0 Å². The predicted octanol–water partition coefficient (Wildman–Crippen LogP) is 5.58. The molecule has 0 spiro atoms. The van der Waals surface area contributed by atoms with Crippen molar-refractivity contribution in [3.05, 3.63) is 57.0 Å². The summed E-state index contributed by atoms with van der Waals surface area (Å²) in [5.74, 6) is 0.710. The number of ether oxygens (including phenoxy) is 1. The number of rotatable bonds is 2. The molecule has 1 unspecified atom stereocenters. The van der Waals surface area contributed by atoms with Gasteiger partial charge in [0.05, 0.1) is 17.7 Å². The number of hydrogen-bond donors (Lipinski definition) is 1. The van der Waals surface area contributed by atoms with Crippen LogP contribution in [0.5, 0.6) is 5.75 Å². The SMILES string of the molecule is Clc1cccc(NC2CCOc3c(Cl)cc(Cl)cc32)c1. The van der Waals surface area contributed by atoms with Crippen molar-refractivity contribution in [2.45, 2.75) is 12.5 Å². The topological polar surface area (TPSA) is 21.3 Å². The zero-order valence-electron chi connectivity index (χ0n) is 10.5. The Morgan fingerprint density at radius 1 is 1.05 bits per heavy atom. The molecule has 0 radical (unpaired) electrons. The standard InChI is InChI=1S/C15H12Cl3NO/c16-9-2-1-3-11(6-9)19-14-4-5-20-15-12(14)7-10(17)8-13(15)18/h1-3,6-8,14,19H,4-5H2. The highest BCUT2D eigenvalue weighted by Gasteiger charge is 2.24. The first-order valence-electron chi connectivity index (χ1n) is 6.27. The van der Waals surface area contributed by atoms with E-state index in [-0.39, 0.29) is 6.04 Å². The lowest BCUT2D eigenvalue weighted by molar-refractivity contribution is 0.274. The number of nitrogens with one attached hydrogen (secondary N) is 1. The third kappa shape index (κ3) is 2.83. The van der Waals surface area contributed by atoms with Crippen molar-refractivity contribution >= 4 is 40.5 Å². The number of hydrogen-bond acceptors (Lipinski definition) is 2.